The molecule has 0 aliphatic heterocycles. The second kappa shape index (κ2) is 6.77. The molecule has 1 N–H and O–H groups in total. The van der Waals surface area contributed by atoms with Crippen LogP contribution in [-0.4, -0.2) is 13.1 Å². The summed E-state index contributed by atoms with van der Waals surface area (Å²) in [5, 5.41) is 3.71. The summed E-state index contributed by atoms with van der Waals surface area (Å²) in [5.41, 5.74) is 1.63. The van der Waals surface area contributed by atoms with Gasteiger partial charge in [-0.05, 0) is 30.7 Å². The highest BCUT2D eigenvalue weighted by Crippen LogP contribution is 2.23. The average Bonchev–Trinajstić information content (AvgIpc) is 2.27. The van der Waals surface area contributed by atoms with Crippen LogP contribution >= 0.6 is 11.6 Å². The zero-order valence-corrected chi connectivity index (χ0v) is 11.3. The number of hydrogen-bond donors (Lipinski definition) is 1. The van der Waals surface area contributed by atoms with E-state index in [2.05, 4.69) is 19.2 Å². The van der Waals surface area contributed by atoms with Crippen molar-refractivity contribution in [2.75, 3.05) is 13.1 Å². The number of hydrogen-bond acceptors (Lipinski definition) is 1. The third kappa shape index (κ3) is 4.14. The Labute approximate surface area is 108 Å². The van der Waals surface area contributed by atoms with Gasteiger partial charge in [0.05, 0.1) is 5.02 Å². The van der Waals surface area contributed by atoms with Gasteiger partial charge >= 0.3 is 0 Å². The van der Waals surface area contributed by atoms with Crippen molar-refractivity contribution in [1.29, 1.82) is 0 Å². The first-order valence-corrected chi connectivity index (χ1v) is 6.29. The molecule has 0 atom stereocenters. The van der Waals surface area contributed by atoms with Crippen LogP contribution in [0.25, 0.3) is 6.08 Å². The van der Waals surface area contributed by atoms with Crippen LogP contribution in [0.4, 0.5) is 4.39 Å². The summed E-state index contributed by atoms with van der Waals surface area (Å²) in [7, 11) is 0. The molecule has 0 spiro atoms. The van der Waals surface area contributed by atoms with Gasteiger partial charge in [-0.1, -0.05) is 44.0 Å². The quantitative estimate of drug-likeness (QED) is 0.834. The lowest BCUT2D eigenvalue weighted by Crippen LogP contribution is -2.18. The smallest absolute Gasteiger partial charge is 0.131 e. The molecule has 0 aliphatic carbocycles. The summed E-state index contributed by atoms with van der Waals surface area (Å²) >= 11 is 6.01. The van der Waals surface area contributed by atoms with Crippen LogP contribution in [-0.2, 0) is 0 Å². The van der Waals surface area contributed by atoms with Gasteiger partial charge in [-0.15, -0.1) is 0 Å². The van der Waals surface area contributed by atoms with Gasteiger partial charge in [0.15, 0.2) is 0 Å². The summed E-state index contributed by atoms with van der Waals surface area (Å²) in [4.78, 5) is 0. The Hall–Kier alpha value is -0.860. The zero-order chi connectivity index (χ0) is 12.8. The molecule has 0 radical (unpaired) electrons. The lowest BCUT2D eigenvalue weighted by atomic mass is 10.00. The van der Waals surface area contributed by atoms with Crippen LogP contribution in [0, 0.1) is 11.7 Å². The van der Waals surface area contributed by atoms with Crippen molar-refractivity contribution in [3.63, 3.8) is 0 Å². The van der Waals surface area contributed by atoms with E-state index in [4.69, 9.17) is 11.6 Å². The first-order chi connectivity index (χ1) is 8.06. The second-order valence-corrected chi connectivity index (χ2v) is 4.70. The molecule has 0 unspecified atom stereocenters. The zero-order valence-electron chi connectivity index (χ0n) is 10.6. The molecule has 94 valence electrons. The first kappa shape index (κ1) is 14.2. The Balaban J connectivity index is 3.04. The maximum atomic E-state index is 13.6. The monoisotopic (exact) mass is 255 g/mol. The van der Waals surface area contributed by atoms with Gasteiger partial charge in [0.25, 0.3) is 0 Å². The third-order valence-corrected chi connectivity index (χ3v) is 2.98. The van der Waals surface area contributed by atoms with Crippen molar-refractivity contribution >= 4 is 17.7 Å². The van der Waals surface area contributed by atoms with Gasteiger partial charge in [0, 0.05) is 12.1 Å². The van der Waals surface area contributed by atoms with Crippen molar-refractivity contribution in [2.45, 2.75) is 20.8 Å². The van der Waals surface area contributed by atoms with Crippen molar-refractivity contribution < 1.29 is 4.39 Å². The van der Waals surface area contributed by atoms with E-state index in [-0.39, 0.29) is 5.82 Å². The number of nitrogens with one attached hydrogen (secondary N) is 1. The molecule has 1 aromatic carbocycles. The molecule has 0 saturated heterocycles. The van der Waals surface area contributed by atoms with Gasteiger partial charge in [-0.3, -0.25) is 0 Å². The molecule has 1 aromatic rings. The van der Waals surface area contributed by atoms with Crippen molar-refractivity contribution in [1.82, 2.24) is 5.32 Å². The number of benzene rings is 1. The molecular formula is C14H19ClFN. The highest BCUT2D eigenvalue weighted by atomic mass is 35.5. The molecule has 0 aliphatic rings. The SMILES string of the molecule is CCNCC(=Cc1c(F)cccc1Cl)C(C)C. The number of rotatable bonds is 5. The van der Waals surface area contributed by atoms with E-state index in [0.717, 1.165) is 18.7 Å². The highest BCUT2D eigenvalue weighted by molar-refractivity contribution is 6.32. The molecule has 0 amide bonds. The Morgan fingerprint density at radius 1 is 1.47 bits per heavy atom. The molecule has 0 saturated carbocycles. The standard InChI is InChI=1S/C14H19ClFN/c1-4-17-9-11(10(2)3)8-12-13(15)6-5-7-14(12)16/h5-8,10,17H,4,9H2,1-3H3. The van der Waals surface area contributed by atoms with Crippen LogP contribution in [0.3, 0.4) is 0 Å². The molecule has 3 heteroatoms. The number of halogens is 2. The van der Waals surface area contributed by atoms with Gasteiger partial charge in [-0.2, -0.15) is 0 Å². The second-order valence-electron chi connectivity index (χ2n) is 4.29. The maximum absolute atomic E-state index is 13.6. The predicted octanol–water partition coefficient (Wildman–Crippen LogP) is 4.13. The van der Waals surface area contributed by atoms with E-state index in [1.165, 1.54) is 6.07 Å². The minimum Gasteiger partial charge on any atom is -0.313 e. The molecule has 1 rings (SSSR count). The van der Waals surface area contributed by atoms with Gasteiger partial charge in [-0.25, -0.2) is 4.39 Å². The first-order valence-electron chi connectivity index (χ1n) is 5.91. The largest absolute Gasteiger partial charge is 0.313 e. The molecule has 0 aromatic heterocycles. The molecule has 0 fully saturated rings. The summed E-state index contributed by atoms with van der Waals surface area (Å²) in [6.07, 6.45) is 1.85. The fraction of sp³-hybridized carbons (Fsp3) is 0.429. The lowest BCUT2D eigenvalue weighted by Gasteiger charge is -2.13. The topological polar surface area (TPSA) is 12.0 Å². The third-order valence-electron chi connectivity index (χ3n) is 2.65. The summed E-state index contributed by atoms with van der Waals surface area (Å²) in [5.74, 6) is 0.0943. The molecule has 0 bridgehead atoms. The summed E-state index contributed by atoms with van der Waals surface area (Å²) < 4.78 is 13.6. The molecular weight excluding hydrogens is 237 g/mol. The maximum Gasteiger partial charge on any atom is 0.131 e. The fourth-order valence-corrected chi connectivity index (χ4v) is 1.74. The van der Waals surface area contributed by atoms with Crippen molar-refractivity contribution in [3.05, 3.63) is 40.2 Å². The van der Waals surface area contributed by atoms with Gasteiger partial charge < -0.3 is 5.32 Å². The number of likely N-dealkylation sites (N-methyl/N-ethyl adjacent to an activating group) is 1. The van der Waals surface area contributed by atoms with E-state index >= 15 is 0 Å². The van der Waals surface area contributed by atoms with Crippen LogP contribution in [0.1, 0.15) is 26.3 Å². The van der Waals surface area contributed by atoms with Gasteiger partial charge in [0.1, 0.15) is 5.82 Å². The van der Waals surface area contributed by atoms with Crippen molar-refractivity contribution in [2.24, 2.45) is 5.92 Å². The Morgan fingerprint density at radius 2 is 2.18 bits per heavy atom. The molecule has 1 nitrogen and oxygen atoms in total. The lowest BCUT2D eigenvalue weighted by molar-refractivity contribution is 0.624. The summed E-state index contributed by atoms with van der Waals surface area (Å²) in [6.45, 7) is 7.90. The predicted molar refractivity (Wildman–Crippen MR) is 72.8 cm³/mol. The van der Waals surface area contributed by atoms with Crippen LogP contribution < -0.4 is 5.32 Å². The van der Waals surface area contributed by atoms with E-state index in [0.29, 0.717) is 16.5 Å². The molecule has 17 heavy (non-hydrogen) atoms. The molecule has 0 heterocycles. The summed E-state index contributed by atoms with van der Waals surface area (Å²) in [6, 6.07) is 4.76. The van der Waals surface area contributed by atoms with E-state index < -0.39 is 0 Å². The Morgan fingerprint density at radius 3 is 2.71 bits per heavy atom. The van der Waals surface area contributed by atoms with Crippen LogP contribution in [0.2, 0.25) is 5.02 Å². The van der Waals surface area contributed by atoms with Crippen LogP contribution in [0.15, 0.2) is 23.8 Å². The Kier molecular flexibility index (Phi) is 5.66. The highest BCUT2D eigenvalue weighted by Gasteiger charge is 2.08. The Bertz CT molecular complexity index is 379. The minimum atomic E-state index is -0.271. The van der Waals surface area contributed by atoms with E-state index in [1.807, 2.05) is 13.0 Å². The van der Waals surface area contributed by atoms with E-state index in [9.17, 15) is 4.39 Å². The average molecular weight is 256 g/mol. The van der Waals surface area contributed by atoms with E-state index in [1.54, 1.807) is 12.1 Å². The minimum absolute atomic E-state index is 0.271. The van der Waals surface area contributed by atoms with Crippen molar-refractivity contribution in [3.8, 4) is 0 Å². The van der Waals surface area contributed by atoms with Crippen LogP contribution in [0.5, 0.6) is 0 Å². The van der Waals surface area contributed by atoms with Gasteiger partial charge in [0.2, 0.25) is 0 Å². The fourth-order valence-electron chi connectivity index (χ4n) is 1.53. The normalized spacial score (nSPS) is 12.2.